The van der Waals surface area contributed by atoms with E-state index in [1.54, 1.807) is 0 Å². The maximum Gasteiger partial charge on any atom is 0.142 e. The summed E-state index contributed by atoms with van der Waals surface area (Å²) in [5.41, 5.74) is 8.00. The third kappa shape index (κ3) is 2.17. The van der Waals surface area contributed by atoms with Crippen molar-refractivity contribution in [2.45, 2.75) is 32.2 Å². The fourth-order valence-electron chi connectivity index (χ4n) is 1.61. The van der Waals surface area contributed by atoms with Gasteiger partial charge in [0.1, 0.15) is 5.82 Å². The van der Waals surface area contributed by atoms with Gasteiger partial charge in [-0.2, -0.15) is 0 Å². The molecule has 13 heavy (non-hydrogen) atoms. The zero-order valence-corrected chi connectivity index (χ0v) is 8.31. The van der Waals surface area contributed by atoms with E-state index in [1.807, 2.05) is 6.20 Å². The number of hydrogen-bond donors (Lipinski definition) is 1. The Bertz CT molecular complexity index is 288. The van der Waals surface area contributed by atoms with Crippen molar-refractivity contribution in [3.8, 4) is 0 Å². The van der Waals surface area contributed by atoms with Gasteiger partial charge in [0.05, 0.1) is 6.54 Å². The van der Waals surface area contributed by atoms with Crippen LogP contribution in [-0.4, -0.2) is 9.97 Å². The van der Waals surface area contributed by atoms with Gasteiger partial charge in [-0.1, -0.05) is 0 Å². The Balaban J connectivity index is 0.000000845. The summed E-state index contributed by atoms with van der Waals surface area (Å²) in [5, 5.41) is 0. The molecule has 72 valence electrons. The summed E-state index contributed by atoms with van der Waals surface area (Å²) < 4.78 is 0. The molecule has 0 aromatic carbocycles. The average Bonchev–Trinajstić information content (AvgIpc) is 2.17. The smallest absolute Gasteiger partial charge is 0.142 e. The second kappa shape index (κ2) is 4.53. The van der Waals surface area contributed by atoms with Gasteiger partial charge >= 0.3 is 0 Å². The van der Waals surface area contributed by atoms with Gasteiger partial charge in [-0.15, -0.1) is 12.4 Å². The van der Waals surface area contributed by atoms with Gasteiger partial charge in [0.2, 0.25) is 0 Å². The maximum atomic E-state index is 5.46. The van der Waals surface area contributed by atoms with Gasteiger partial charge in [0, 0.05) is 11.9 Å². The highest BCUT2D eigenvalue weighted by Crippen LogP contribution is 2.17. The Morgan fingerprint density at radius 3 is 2.85 bits per heavy atom. The molecule has 0 aliphatic heterocycles. The van der Waals surface area contributed by atoms with Crippen molar-refractivity contribution < 1.29 is 0 Å². The average molecular weight is 200 g/mol. The topological polar surface area (TPSA) is 51.8 Å². The number of hydrogen-bond acceptors (Lipinski definition) is 3. The van der Waals surface area contributed by atoms with Crippen LogP contribution in [0.15, 0.2) is 6.20 Å². The fourth-order valence-corrected chi connectivity index (χ4v) is 1.61. The van der Waals surface area contributed by atoms with E-state index in [4.69, 9.17) is 5.73 Å². The molecule has 4 heteroatoms. The molecule has 1 aromatic rings. The Labute approximate surface area is 84.2 Å². The van der Waals surface area contributed by atoms with Gasteiger partial charge in [0.25, 0.3) is 0 Å². The van der Waals surface area contributed by atoms with Crippen molar-refractivity contribution >= 4 is 12.4 Å². The molecule has 1 aliphatic rings. The largest absolute Gasteiger partial charge is 0.324 e. The van der Waals surface area contributed by atoms with Crippen LogP contribution in [-0.2, 0) is 19.4 Å². The summed E-state index contributed by atoms with van der Waals surface area (Å²) in [6.45, 7) is 0.452. The molecule has 0 saturated carbocycles. The summed E-state index contributed by atoms with van der Waals surface area (Å²) in [6.07, 6.45) is 6.71. The number of nitrogens with zero attached hydrogens (tertiary/aromatic N) is 2. The van der Waals surface area contributed by atoms with Crippen molar-refractivity contribution in [3.63, 3.8) is 0 Å². The minimum Gasteiger partial charge on any atom is -0.324 e. The Morgan fingerprint density at radius 2 is 2.08 bits per heavy atom. The molecular weight excluding hydrogens is 186 g/mol. The molecule has 1 aromatic heterocycles. The third-order valence-corrected chi connectivity index (χ3v) is 2.30. The molecule has 2 N–H and O–H groups in total. The monoisotopic (exact) mass is 199 g/mol. The van der Waals surface area contributed by atoms with Gasteiger partial charge < -0.3 is 5.73 Å². The second-order valence-corrected chi connectivity index (χ2v) is 3.17. The van der Waals surface area contributed by atoms with Crippen LogP contribution in [0.25, 0.3) is 0 Å². The number of rotatable bonds is 1. The van der Waals surface area contributed by atoms with E-state index in [-0.39, 0.29) is 12.4 Å². The molecule has 0 bridgehead atoms. The van der Waals surface area contributed by atoms with Crippen molar-refractivity contribution in [3.05, 3.63) is 23.3 Å². The van der Waals surface area contributed by atoms with Crippen LogP contribution in [0.5, 0.6) is 0 Å². The zero-order chi connectivity index (χ0) is 8.39. The molecule has 0 amide bonds. The SMILES string of the molecule is Cl.NCc1ncc2c(n1)CCCC2. The van der Waals surface area contributed by atoms with Crippen LogP contribution in [0.4, 0.5) is 0 Å². The molecule has 0 fully saturated rings. The molecule has 3 nitrogen and oxygen atoms in total. The third-order valence-electron chi connectivity index (χ3n) is 2.30. The van der Waals surface area contributed by atoms with E-state index in [0.717, 1.165) is 18.7 Å². The molecule has 0 saturated heterocycles. The van der Waals surface area contributed by atoms with E-state index in [9.17, 15) is 0 Å². The van der Waals surface area contributed by atoms with Gasteiger partial charge in [0.15, 0.2) is 0 Å². The van der Waals surface area contributed by atoms with E-state index in [2.05, 4.69) is 9.97 Å². The van der Waals surface area contributed by atoms with Crippen molar-refractivity contribution in [2.24, 2.45) is 5.73 Å². The van der Waals surface area contributed by atoms with Crippen molar-refractivity contribution in [1.82, 2.24) is 9.97 Å². The minimum atomic E-state index is 0. The van der Waals surface area contributed by atoms with Crippen LogP contribution in [0.2, 0.25) is 0 Å². The van der Waals surface area contributed by atoms with Gasteiger partial charge in [-0.3, -0.25) is 0 Å². The Hall–Kier alpha value is -0.670. The van der Waals surface area contributed by atoms with Gasteiger partial charge in [-0.25, -0.2) is 9.97 Å². The number of aromatic nitrogens is 2. The normalized spacial score (nSPS) is 14.5. The lowest BCUT2D eigenvalue weighted by Gasteiger charge is -2.13. The number of fused-ring (bicyclic) bond motifs is 1. The molecule has 1 heterocycles. The van der Waals surface area contributed by atoms with Crippen LogP contribution in [0.3, 0.4) is 0 Å². The van der Waals surface area contributed by atoms with Crippen molar-refractivity contribution in [2.75, 3.05) is 0 Å². The standard InChI is InChI=1S/C9H13N3.ClH/c10-5-9-11-6-7-3-1-2-4-8(7)12-9;/h6H,1-5,10H2;1H. The summed E-state index contributed by atoms with van der Waals surface area (Å²) >= 11 is 0. The number of aryl methyl sites for hydroxylation is 2. The van der Waals surface area contributed by atoms with Crippen LogP contribution in [0, 0.1) is 0 Å². The molecular formula is C9H14ClN3. The Morgan fingerprint density at radius 1 is 1.31 bits per heavy atom. The highest BCUT2D eigenvalue weighted by atomic mass is 35.5. The molecule has 2 rings (SSSR count). The summed E-state index contributed by atoms with van der Waals surface area (Å²) in [6, 6.07) is 0. The summed E-state index contributed by atoms with van der Waals surface area (Å²) in [5.74, 6) is 0.774. The van der Waals surface area contributed by atoms with Crippen LogP contribution < -0.4 is 5.73 Å². The lowest BCUT2D eigenvalue weighted by Crippen LogP contribution is -2.11. The first kappa shape index (κ1) is 10.4. The highest BCUT2D eigenvalue weighted by molar-refractivity contribution is 5.85. The fraction of sp³-hybridized carbons (Fsp3) is 0.556. The number of nitrogens with two attached hydrogens (primary N) is 1. The van der Waals surface area contributed by atoms with E-state index < -0.39 is 0 Å². The zero-order valence-electron chi connectivity index (χ0n) is 7.49. The first-order valence-electron chi connectivity index (χ1n) is 4.44. The van der Waals surface area contributed by atoms with E-state index in [1.165, 1.54) is 24.1 Å². The lowest BCUT2D eigenvalue weighted by molar-refractivity contribution is 0.653. The minimum absolute atomic E-state index is 0. The van der Waals surface area contributed by atoms with E-state index in [0.29, 0.717) is 6.54 Å². The summed E-state index contributed by atoms with van der Waals surface area (Å²) in [4.78, 5) is 8.57. The first-order chi connectivity index (χ1) is 5.90. The second-order valence-electron chi connectivity index (χ2n) is 3.17. The molecule has 0 atom stereocenters. The van der Waals surface area contributed by atoms with E-state index >= 15 is 0 Å². The highest BCUT2D eigenvalue weighted by Gasteiger charge is 2.10. The van der Waals surface area contributed by atoms with Crippen LogP contribution >= 0.6 is 12.4 Å². The molecule has 0 unspecified atom stereocenters. The van der Waals surface area contributed by atoms with Gasteiger partial charge in [-0.05, 0) is 31.2 Å². The molecule has 1 aliphatic carbocycles. The Kier molecular flexibility index (Phi) is 3.63. The predicted molar refractivity (Wildman–Crippen MR) is 53.8 cm³/mol. The predicted octanol–water partition coefficient (Wildman–Crippen LogP) is 1.24. The first-order valence-corrected chi connectivity index (χ1v) is 4.44. The number of halogens is 1. The molecule has 0 spiro atoms. The summed E-state index contributed by atoms with van der Waals surface area (Å²) in [7, 11) is 0. The molecule has 0 radical (unpaired) electrons. The lowest BCUT2D eigenvalue weighted by atomic mass is 9.97. The quantitative estimate of drug-likeness (QED) is 0.741. The maximum absolute atomic E-state index is 5.46. The van der Waals surface area contributed by atoms with Crippen LogP contribution in [0.1, 0.15) is 29.9 Å². The van der Waals surface area contributed by atoms with Crippen molar-refractivity contribution in [1.29, 1.82) is 0 Å².